The van der Waals surface area contributed by atoms with Crippen molar-refractivity contribution in [1.29, 1.82) is 5.26 Å². The molecule has 2 heterocycles. The summed E-state index contributed by atoms with van der Waals surface area (Å²) in [5.41, 5.74) is 0. The number of nitrogens with zero attached hydrogens (tertiary/aromatic N) is 2. The molecule has 0 aromatic rings. The molecule has 6 heteroatoms. The molecule has 0 aliphatic carbocycles. The van der Waals surface area contributed by atoms with Crippen LogP contribution in [0.2, 0.25) is 0 Å². The third-order valence-corrected chi connectivity index (χ3v) is 2.25. The zero-order valence-corrected chi connectivity index (χ0v) is 7.97. The summed E-state index contributed by atoms with van der Waals surface area (Å²) in [6, 6.07) is 1.82. The lowest BCUT2D eigenvalue weighted by atomic mass is 10.1. The van der Waals surface area contributed by atoms with Gasteiger partial charge in [-0.2, -0.15) is 5.26 Å². The van der Waals surface area contributed by atoms with Gasteiger partial charge in [0.05, 0.1) is 0 Å². The van der Waals surface area contributed by atoms with Gasteiger partial charge in [0.25, 0.3) is 0 Å². The first-order valence-electron chi connectivity index (χ1n) is 4.41. The Morgan fingerprint density at radius 2 is 2.40 bits per heavy atom. The smallest absolute Gasteiger partial charge is 0.420 e. The second-order valence-electron chi connectivity index (χ2n) is 3.24. The topological polar surface area (TPSA) is 79.6 Å². The van der Waals surface area contributed by atoms with Gasteiger partial charge in [-0.05, 0) is 6.08 Å². The molecule has 2 rings (SSSR count). The average molecular weight is 208 g/mol. The number of carbonyl (C=O) groups is 2. The fraction of sp³-hybridized carbons (Fsp3) is 0.444. The van der Waals surface area contributed by atoms with Crippen LogP contribution in [0.5, 0.6) is 0 Å². The summed E-state index contributed by atoms with van der Waals surface area (Å²) in [6.45, 7) is 1.25. The van der Waals surface area contributed by atoms with Gasteiger partial charge < -0.3 is 9.47 Å². The molecule has 1 saturated heterocycles. The molecular weight excluding hydrogens is 200 g/mol. The predicted molar refractivity (Wildman–Crippen MR) is 46.0 cm³/mol. The first kappa shape index (κ1) is 9.52. The van der Waals surface area contributed by atoms with Gasteiger partial charge in [-0.1, -0.05) is 0 Å². The molecule has 0 aromatic heterocycles. The SMILES string of the molecule is CC(=O)N1C(=O)O[C@@H]2CC=C(C#N)O[C@H]21. The maximum atomic E-state index is 11.3. The second-order valence-corrected chi connectivity index (χ2v) is 3.24. The van der Waals surface area contributed by atoms with E-state index in [4.69, 9.17) is 14.7 Å². The molecule has 2 aliphatic heterocycles. The van der Waals surface area contributed by atoms with Gasteiger partial charge in [0.1, 0.15) is 6.07 Å². The highest BCUT2D eigenvalue weighted by Gasteiger charge is 2.47. The van der Waals surface area contributed by atoms with Crippen LogP contribution >= 0.6 is 0 Å². The second kappa shape index (κ2) is 3.28. The molecule has 6 nitrogen and oxygen atoms in total. The zero-order valence-electron chi connectivity index (χ0n) is 7.97. The molecule has 0 aromatic carbocycles. The fourth-order valence-electron chi connectivity index (χ4n) is 1.59. The highest BCUT2D eigenvalue weighted by Crippen LogP contribution is 2.29. The van der Waals surface area contributed by atoms with E-state index in [2.05, 4.69) is 0 Å². The molecule has 0 N–H and O–H groups in total. The Morgan fingerprint density at radius 3 is 3.00 bits per heavy atom. The lowest BCUT2D eigenvalue weighted by Crippen LogP contribution is -2.42. The largest absolute Gasteiger partial charge is 0.456 e. The van der Waals surface area contributed by atoms with Gasteiger partial charge in [0.2, 0.25) is 12.1 Å². The van der Waals surface area contributed by atoms with Crippen molar-refractivity contribution >= 4 is 12.0 Å². The summed E-state index contributed by atoms with van der Waals surface area (Å²) < 4.78 is 10.1. The molecule has 0 spiro atoms. The van der Waals surface area contributed by atoms with Crippen molar-refractivity contribution in [1.82, 2.24) is 4.90 Å². The predicted octanol–water partition coefficient (Wildman–Crippen LogP) is 0.508. The van der Waals surface area contributed by atoms with Crippen LogP contribution in [0.4, 0.5) is 4.79 Å². The maximum Gasteiger partial charge on any atom is 0.420 e. The van der Waals surface area contributed by atoms with E-state index in [1.165, 1.54) is 13.0 Å². The van der Waals surface area contributed by atoms with E-state index in [1.54, 1.807) is 0 Å². The summed E-state index contributed by atoms with van der Waals surface area (Å²) in [4.78, 5) is 23.3. The van der Waals surface area contributed by atoms with E-state index < -0.39 is 24.3 Å². The molecular formula is C9H8N2O4. The lowest BCUT2D eigenvalue weighted by Gasteiger charge is -2.25. The van der Waals surface area contributed by atoms with Gasteiger partial charge in [-0.3, -0.25) is 4.79 Å². The van der Waals surface area contributed by atoms with Crippen molar-refractivity contribution < 1.29 is 19.1 Å². The quantitative estimate of drug-likeness (QED) is 0.579. The normalized spacial score (nSPS) is 28.4. The van der Waals surface area contributed by atoms with Crippen LogP contribution in [0.25, 0.3) is 0 Å². The van der Waals surface area contributed by atoms with Crippen LogP contribution in [0.15, 0.2) is 11.8 Å². The van der Waals surface area contributed by atoms with Crippen molar-refractivity contribution in [2.45, 2.75) is 25.7 Å². The number of imide groups is 1. The van der Waals surface area contributed by atoms with Crippen molar-refractivity contribution in [3.63, 3.8) is 0 Å². The van der Waals surface area contributed by atoms with Crippen LogP contribution in [0.1, 0.15) is 13.3 Å². The number of allylic oxidation sites excluding steroid dienone is 1. The number of amides is 2. The molecule has 0 unspecified atom stereocenters. The monoisotopic (exact) mass is 208 g/mol. The Labute approximate surface area is 85.7 Å². The van der Waals surface area contributed by atoms with Gasteiger partial charge >= 0.3 is 6.09 Å². The van der Waals surface area contributed by atoms with Crippen LogP contribution in [-0.2, 0) is 14.3 Å². The van der Waals surface area contributed by atoms with Crippen LogP contribution in [0, 0.1) is 11.3 Å². The summed E-state index contributed by atoms with van der Waals surface area (Å²) >= 11 is 0. The van der Waals surface area contributed by atoms with Crippen LogP contribution < -0.4 is 0 Å². The summed E-state index contributed by atoms with van der Waals surface area (Å²) in [7, 11) is 0. The van der Waals surface area contributed by atoms with E-state index in [9.17, 15) is 9.59 Å². The van der Waals surface area contributed by atoms with Gasteiger partial charge in [-0.25, -0.2) is 9.69 Å². The molecule has 2 atom stereocenters. The summed E-state index contributed by atoms with van der Waals surface area (Å²) in [5.74, 6) is -0.340. The van der Waals surface area contributed by atoms with E-state index in [0.29, 0.717) is 6.42 Å². The number of hydrogen-bond acceptors (Lipinski definition) is 5. The fourth-order valence-corrected chi connectivity index (χ4v) is 1.59. The first-order chi connectivity index (χ1) is 7.13. The molecule has 78 valence electrons. The highest BCUT2D eigenvalue weighted by molar-refractivity contribution is 5.92. The summed E-state index contributed by atoms with van der Waals surface area (Å²) in [6.07, 6.45) is -0.0838. The van der Waals surface area contributed by atoms with Crippen LogP contribution in [-0.4, -0.2) is 29.2 Å². The molecule has 0 bridgehead atoms. The average Bonchev–Trinajstić information content (AvgIpc) is 2.52. The molecule has 15 heavy (non-hydrogen) atoms. The lowest BCUT2D eigenvalue weighted by molar-refractivity contribution is -0.133. The summed E-state index contributed by atoms with van der Waals surface area (Å²) in [5, 5.41) is 8.63. The number of nitriles is 1. The van der Waals surface area contributed by atoms with Crippen LogP contribution in [0.3, 0.4) is 0 Å². The van der Waals surface area contributed by atoms with Crippen molar-refractivity contribution in [2.75, 3.05) is 0 Å². The van der Waals surface area contributed by atoms with E-state index in [0.717, 1.165) is 4.90 Å². The zero-order chi connectivity index (χ0) is 11.0. The maximum absolute atomic E-state index is 11.3. The standard InChI is InChI=1S/C9H8N2O4/c1-5(12)11-8-7(15-9(11)13)3-2-6(4-10)14-8/h2,7-8H,3H2,1H3/t7-,8-/m1/s1. The van der Waals surface area contributed by atoms with Crippen molar-refractivity contribution in [3.8, 4) is 6.07 Å². The van der Waals surface area contributed by atoms with Gasteiger partial charge in [0, 0.05) is 13.3 Å². The van der Waals surface area contributed by atoms with Crippen molar-refractivity contribution in [2.24, 2.45) is 0 Å². The number of fused-ring (bicyclic) bond motifs is 1. The molecule has 0 radical (unpaired) electrons. The highest BCUT2D eigenvalue weighted by atomic mass is 16.6. The molecule has 2 aliphatic rings. The van der Waals surface area contributed by atoms with E-state index in [-0.39, 0.29) is 5.76 Å². The van der Waals surface area contributed by atoms with Gasteiger partial charge in [0.15, 0.2) is 11.9 Å². The minimum atomic E-state index is -0.797. The Hall–Kier alpha value is -2.03. The number of ether oxygens (including phenoxy) is 2. The van der Waals surface area contributed by atoms with E-state index >= 15 is 0 Å². The number of hydrogen-bond donors (Lipinski definition) is 0. The number of rotatable bonds is 0. The first-order valence-corrected chi connectivity index (χ1v) is 4.41. The Kier molecular flexibility index (Phi) is 2.08. The third kappa shape index (κ3) is 1.42. The molecule has 2 amide bonds. The third-order valence-electron chi connectivity index (χ3n) is 2.25. The van der Waals surface area contributed by atoms with E-state index in [1.807, 2.05) is 6.07 Å². The van der Waals surface area contributed by atoms with Gasteiger partial charge in [-0.15, -0.1) is 0 Å². The molecule has 0 saturated carbocycles. The minimum Gasteiger partial charge on any atom is -0.456 e. The Morgan fingerprint density at radius 1 is 1.67 bits per heavy atom. The minimum absolute atomic E-state index is 0.112. The number of carbonyl (C=O) groups excluding carboxylic acids is 2. The Bertz CT molecular complexity index is 395. The molecule has 1 fully saturated rings. The van der Waals surface area contributed by atoms with Crippen molar-refractivity contribution in [3.05, 3.63) is 11.8 Å². The Balaban J connectivity index is 2.25.